The zero-order chi connectivity index (χ0) is 20.6. The van der Waals surface area contributed by atoms with Gasteiger partial charge in [-0.05, 0) is 32.0 Å². The van der Waals surface area contributed by atoms with Gasteiger partial charge in [-0.3, -0.25) is 14.9 Å². The fourth-order valence-corrected chi connectivity index (χ4v) is 3.42. The zero-order valence-electron chi connectivity index (χ0n) is 16.1. The minimum Gasteiger partial charge on any atom is -0.342 e. The zero-order valence-corrected chi connectivity index (χ0v) is 16.9. The van der Waals surface area contributed by atoms with E-state index in [2.05, 4.69) is 30.8 Å². The van der Waals surface area contributed by atoms with Gasteiger partial charge >= 0.3 is 0 Å². The monoisotopic (exact) mass is 411 g/mol. The molecule has 9 nitrogen and oxygen atoms in total. The summed E-state index contributed by atoms with van der Waals surface area (Å²) >= 11 is 1.26. The fourth-order valence-electron chi connectivity index (χ4n) is 2.61. The van der Waals surface area contributed by atoms with E-state index < -0.39 is 0 Å². The van der Waals surface area contributed by atoms with Crippen molar-refractivity contribution in [1.82, 2.24) is 30.0 Å². The molecule has 1 atom stereocenters. The van der Waals surface area contributed by atoms with Crippen molar-refractivity contribution in [1.29, 1.82) is 0 Å². The molecule has 0 unspecified atom stereocenters. The lowest BCUT2D eigenvalue weighted by Crippen LogP contribution is -2.28. The lowest BCUT2D eigenvalue weighted by atomic mass is 10.2. The molecule has 0 bridgehead atoms. The Morgan fingerprint density at radius 1 is 1.10 bits per heavy atom. The predicted octanol–water partition coefficient (Wildman–Crippen LogP) is 2.31. The lowest BCUT2D eigenvalue weighted by molar-refractivity contribution is -0.113. The number of hydrogen-bond donors (Lipinski definition) is 2. The molecular weight excluding hydrogens is 390 g/mol. The molecule has 3 aromatic rings. The van der Waals surface area contributed by atoms with Crippen molar-refractivity contribution in [2.75, 3.05) is 11.1 Å². The van der Waals surface area contributed by atoms with Crippen molar-refractivity contribution < 1.29 is 9.59 Å². The number of carbonyl (C=O) groups is 2. The van der Waals surface area contributed by atoms with Crippen molar-refractivity contribution in [3.8, 4) is 0 Å². The Kier molecular flexibility index (Phi) is 6.90. The summed E-state index contributed by atoms with van der Waals surface area (Å²) in [4.78, 5) is 32.4. The molecular formula is C19H21N7O2S. The molecule has 0 saturated heterocycles. The summed E-state index contributed by atoms with van der Waals surface area (Å²) < 4.78 is 1.88. The lowest BCUT2D eigenvalue weighted by Gasteiger charge is -2.15. The van der Waals surface area contributed by atoms with Crippen molar-refractivity contribution in [3.05, 3.63) is 60.2 Å². The molecule has 0 aliphatic heterocycles. The van der Waals surface area contributed by atoms with E-state index in [-0.39, 0.29) is 29.6 Å². The Hall–Kier alpha value is -3.27. The third kappa shape index (κ3) is 5.38. The van der Waals surface area contributed by atoms with Crippen LogP contribution in [0, 0.1) is 0 Å². The van der Waals surface area contributed by atoms with E-state index in [9.17, 15) is 9.59 Å². The molecule has 3 rings (SSSR count). The molecule has 2 amide bonds. The largest absolute Gasteiger partial charge is 0.342 e. The number of aromatic nitrogens is 5. The second-order valence-corrected chi connectivity index (χ2v) is 7.00. The summed E-state index contributed by atoms with van der Waals surface area (Å²) in [6, 6.07) is 10.3. The number of benzene rings is 1. The van der Waals surface area contributed by atoms with Crippen molar-refractivity contribution in [2.45, 2.75) is 31.6 Å². The standard InChI is InChI=1S/C19H21N7O2S/c1-3-26-16(13(2)22-17(28)14-8-5-4-6-9-14)24-25-19(26)29-12-15(27)23-18-20-10-7-11-21-18/h4-11,13H,3,12H2,1-2H3,(H,22,28)(H,20,21,23,27)/t13-/m1/s1. The number of nitrogens with one attached hydrogen (secondary N) is 2. The number of hydrogen-bond acceptors (Lipinski definition) is 7. The number of anilines is 1. The predicted molar refractivity (Wildman–Crippen MR) is 109 cm³/mol. The summed E-state index contributed by atoms with van der Waals surface area (Å²) in [5.41, 5.74) is 0.580. The summed E-state index contributed by atoms with van der Waals surface area (Å²) in [6.07, 6.45) is 3.11. The molecule has 2 aromatic heterocycles. The number of rotatable bonds is 8. The number of thioether (sulfide) groups is 1. The molecule has 2 heterocycles. The van der Waals surface area contributed by atoms with Crippen LogP contribution in [0.5, 0.6) is 0 Å². The van der Waals surface area contributed by atoms with Crippen LogP contribution in [-0.4, -0.2) is 42.3 Å². The summed E-state index contributed by atoms with van der Waals surface area (Å²) in [5, 5.41) is 14.6. The van der Waals surface area contributed by atoms with Crippen LogP contribution >= 0.6 is 11.8 Å². The van der Waals surface area contributed by atoms with Crippen LogP contribution in [0.25, 0.3) is 0 Å². The number of amides is 2. The Morgan fingerprint density at radius 2 is 1.83 bits per heavy atom. The summed E-state index contributed by atoms with van der Waals surface area (Å²) in [7, 11) is 0. The first-order valence-electron chi connectivity index (χ1n) is 9.07. The highest BCUT2D eigenvalue weighted by atomic mass is 32.2. The third-order valence-corrected chi connectivity index (χ3v) is 4.95. The Balaban J connectivity index is 1.62. The Labute approximate surface area is 172 Å². The van der Waals surface area contributed by atoms with E-state index in [1.807, 2.05) is 36.6 Å². The van der Waals surface area contributed by atoms with Crippen LogP contribution in [0.3, 0.4) is 0 Å². The second-order valence-electron chi connectivity index (χ2n) is 6.06. The van der Waals surface area contributed by atoms with E-state index in [1.54, 1.807) is 30.6 Å². The maximum absolute atomic E-state index is 12.4. The van der Waals surface area contributed by atoms with Gasteiger partial charge in [0.15, 0.2) is 11.0 Å². The quantitative estimate of drug-likeness (QED) is 0.547. The second kappa shape index (κ2) is 9.78. The normalized spacial score (nSPS) is 11.7. The fraction of sp³-hybridized carbons (Fsp3) is 0.263. The van der Waals surface area contributed by atoms with E-state index in [1.165, 1.54) is 11.8 Å². The average molecular weight is 411 g/mol. The molecule has 0 fully saturated rings. The third-order valence-electron chi connectivity index (χ3n) is 3.98. The van der Waals surface area contributed by atoms with Crippen LogP contribution in [0.4, 0.5) is 5.95 Å². The van der Waals surface area contributed by atoms with Gasteiger partial charge < -0.3 is 9.88 Å². The van der Waals surface area contributed by atoms with Crippen LogP contribution in [0.15, 0.2) is 53.9 Å². The highest BCUT2D eigenvalue weighted by Gasteiger charge is 2.20. The smallest absolute Gasteiger partial charge is 0.251 e. The van der Waals surface area contributed by atoms with E-state index in [0.29, 0.717) is 23.1 Å². The number of nitrogens with zero attached hydrogens (tertiary/aromatic N) is 5. The minimum absolute atomic E-state index is 0.140. The Bertz CT molecular complexity index is 963. The highest BCUT2D eigenvalue weighted by Crippen LogP contribution is 2.21. The first-order chi connectivity index (χ1) is 14.1. The SMILES string of the molecule is CCn1c(SCC(=O)Nc2ncccn2)nnc1[C@@H](C)NC(=O)c1ccccc1. The van der Waals surface area contributed by atoms with E-state index in [0.717, 1.165) is 0 Å². The summed E-state index contributed by atoms with van der Waals surface area (Å²) in [5.74, 6) is 0.610. The maximum atomic E-state index is 12.4. The van der Waals surface area contributed by atoms with Crippen molar-refractivity contribution in [2.24, 2.45) is 0 Å². The average Bonchev–Trinajstić information content (AvgIpc) is 3.16. The van der Waals surface area contributed by atoms with Gasteiger partial charge in [-0.2, -0.15) is 0 Å². The van der Waals surface area contributed by atoms with Crippen LogP contribution in [0.1, 0.15) is 36.1 Å². The van der Waals surface area contributed by atoms with Crippen molar-refractivity contribution >= 4 is 29.5 Å². The molecule has 0 saturated carbocycles. The van der Waals surface area contributed by atoms with Gasteiger partial charge in [-0.25, -0.2) is 9.97 Å². The molecule has 150 valence electrons. The molecule has 0 aliphatic rings. The molecule has 0 spiro atoms. The topological polar surface area (TPSA) is 115 Å². The Morgan fingerprint density at radius 3 is 2.52 bits per heavy atom. The van der Waals surface area contributed by atoms with Gasteiger partial charge in [0.05, 0.1) is 11.8 Å². The van der Waals surface area contributed by atoms with E-state index in [4.69, 9.17) is 0 Å². The molecule has 0 radical (unpaired) electrons. The van der Waals surface area contributed by atoms with Gasteiger partial charge in [-0.1, -0.05) is 30.0 Å². The molecule has 2 N–H and O–H groups in total. The van der Waals surface area contributed by atoms with Gasteiger partial charge in [-0.15, -0.1) is 10.2 Å². The van der Waals surface area contributed by atoms with Crippen LogP contribution < -0.4 is 10.6 Å². The first kappa shape index (κ1) is 20.5. The highest BCUT2D eigenvalue weighted by molar-refractivity contribution is 7.99. The van der Waals surface area contributed by atoms with E-state index >= 15 is 0 Å². The van der Waals surface area contributed by atoms with Crippen LogP contribution in [-0.2, 0) is 11.3 Å². The molecule has 1 aromatic carbocycles. The number of carbonyl (C=O) groups excluding carboxylic acids is 2. The van der Waals surface area contributed by atoms with Crippen LogP contribution in [0.2, 0.25) is 0 Å². The van der Waals surface area contributed by atoms with Gasteiger partial charge in [0.2, 0.25) is 11.9 Å². The maximum Gasteiger partial charge on any atom is 0.251 e. The molecule has 0 aliphatic carbocycles. The first-order valence-corrected chi connectivity index (χ1v) is 10.1. The van der Waals surface area contributed by atoms with Gasteiger partial charge in [0, 0.05) is 24.5 Å². The molecule has 10 heteroatoms. The van der Waals surface area contributed by atoms with Gasteiger partial charge in [0.1, 0.15) is 0 Å². The minimum atomic E-state index is -0.337. The van der Waals surface area contributed by atoms with Crippen molar-refractivity contribution in [3.63, 3.8) is 0 Å². The molecule has 29 heavy (non-hydrogen) atoms. The summed E-state index contributed by atoms with van der Waals surface area (Å²) in [6.45, 7) is 4.42. The van der Waals surface area contributed by atoms with Gasteiger partial charge in [0.25, 0.3) is 5.91 Å².